The van der Waals surface area contributed by atoms with Gasteiger partial charge < -0.3 is 19.7 Å². The van der Waals surface area contributed by atoms with Gasteiger partial charge in [-0.25, -0.2) is 17.9 Å². The number of benzene rings is 2. The molecule has 196 valence electrons. The van der Waals surface area contributed by atoms with E-state index in [9.17, 15) is 18.0 Å². The van der Waals surface area contributed by atoms with Gasteiger partial charge in [-0.2, -0.15) is 0 Å². The van der Waals surface area contributed by atoms with E-state index in [1.54, 1.807) is 38.2 Å². The van der Waals surface area contributed by atoms with Crippen molar-refractivity contribution in [3.63, 3.8) is 0 Å². The van der Waals surface area contributed by atoms with Gasteiger partial charge in [-0.05, 0) is 42.5 Å². The van der Waals surface area contributed by atoms with Crippen LogP contribution in [0.15, 0.2) is 70.1 Å². The number of carbonyl (C=O) groups is 2. The fraction of sp³-hybridized carbons (Fsp3) is 0.308. The topological polar surface area (TPSA) is 114 Å². The number of fused-ring (bicyclic) bond motifs is 1. The van der Waals surface area contributed by atoms with E-state index in [0.29, 0.717) is 34.2 Å². The number of nitrogens with one attached hydrogen (secondary N) is 2. The number of hydrogen-bond acceptors (Lipinski definition) is 6. The highest BCUT2D eigenvalue weighted by atomic mass is 35.5. The molecule has 11 heteroatoms. The molecule has 1 aliphatic carbocycles. The van der Waals surface area contributed by atoms with E-state index in [4.69, 9.17) is 21.1 Å². The van der Waals surface area contributed by atoms with Gasteiger partial charge >= 0.3 is 6.03 Å². The summed E-state index contributed by atoms with van der Waals surface area (Å²) in [4.78, 5) is 27.7. The van der Waals surface area contributed by atoms with Crippen LogP contribution in [0.5, 0.6) is 11.5 Å². The Kier molecular flexibility index (Phi) is 7.79. The molecule has 3 amide bonds. The molecular formula is C26H28ClN3O6S. The summed E-state index contributed by atoms with van der Waals surface area (Å²) in [5.74, 6) is 0.629. The zero-order valence-corrected chi connectivity index (χ0v) is 22.2. The largest absolute Gasteiger partial charge is 0.454 e. The highest BCUT2D eigenvalue weighted by molar-refractivity contribution is 7.94. The van der Waals surface area contributed by atoms with Crippen molar-refractivity contribution in [2.24, 2.45) is 5.92 Å². The van der Waals surface area contributed by atoms with Crippen molar-refractivity contribution in [3.8, 4) is 11.5 Å². The molecule has 2 aromatic rings. The van der Waals surface area contributed by atoms with Gasteiger partial charge in [0.05, 0.1) is 4.91 Å². The third-order valence-corrected chi connectivity index (χ3v) is 8.46. The molecule has 0 radical (unpaired) electrons. The maximum Gasteiger partial charge on any atom is 0.329 e. The molecule has 4 rings (SSSR count). The Morgan fingerprint density at radius 1 is 1.14 bits per heavy atom. The Hall–Kier alpha value is -3.50. The highest BCUT2D eigenvalue weighted by Gasteiger charge is 2.31. The number of urea groups is 1. The van der Waals surface area contributed by atoms with Crippen molar-refractivity contribution in [1.29, 1.82) is 0 Å². The average molecular weight is 546 g/mol. The molecule has 37 heavy (non-hydrogen) atoms. The number of anilines is 1. The van der Waals surface area contributed by atoms with E-state index in [1.807, 2.05) is 42.0 Å². The lowest BCUT2D eigenvalue weighted by Gasteiger charge is -2.25. The molecule has 2 aromatic carbocycles. The van der Waals surface area contributed by atoms with Crippen molar-refractivity contribution in [2.45, 2.75) is 32.7 Å². The van der Waals surface area contributed by atoms with Crippen molar-refractivity contribution in [3.05, 3.63) is 75.7 Å². The summed E-state index contributed by atoms with van der Waals surface area (Å²) in [5.41, 5.74) is 1.71. The van der Waals surface area contributed by atoms with Crippen LogP contribution in [-0.4, -0.2) is 40.2 Å². The van der Waals surface area contributed by atoms with Crippen LogP contribution in [0.1, 0.15) is 25.8 Å². The van der Waals surface area contributed by atoms with Crippen molar-refractivity contribution >= 4 is 39.2 Å². The molecule has 0 bridgehead atoms. The van der Waals surface area contributed by atoms with Crippen LogP contribution in [0.4, 0.5) is 10.5 Å². The summed E-state index contributed by atoms with van der Waals surface area (Å²) in [6.07, 6.45) is 2.12. The predicted molar refractivity (Wildman–Crippen MR) is 141 cm³/mol. The summed E-state index contributed by atoms with van der Waals surface area (Å²) >= 11 is 6.28. The molecule has 0 saturated carbocycles. The van der Waals surface area contributed by atoms with Gasteiger partial charge in [-0.1, -0.05) is 54.9 Å². The van der Waals surface area contributed by atoms with Gasteiger partial charge in [0.1, 0.15) is 6.04 Å². The average Bonchev–Trinajstić information content (AvgIpc) is 3.34. The summed E-state index contributed by atoms with van der Waals surface area (Å²) < 4.78 is 38.7. The molecule has 1 unspecified atom stereocenters. The molecule has 0 spiro atoms. The SMILES string of the molecule is CC1=C(Cl)C(C)CC=C1S(=O)(=O)NC(=O)N[C@@H](Cc1ccccc1)C(=O)N(C)c1ccc2c(c1)OCO2. The van der Waals surface area contributed by atoms with Gasteiger partial charge in [-0.3, -0.25) is 4.79 Å². The van der Waals surface area contributed by atoms with E-state index >= 15 is 0 Å². The second-order valence-electron chi connectivity index (χ2n) is 8.93. The first-order valence-corrected chi connectivity index (χ1v) is 13.5. The standard InChI is InChI=1S/C26H28ClN3O6S/c1-16-9-12-23(17(2)24(16)27)37(33,34)29-26(32)28-20(13-18-7-5-4-6-8-18)25(31)30(3)19-10-11-21-22(14-19)36-15-35-21/h4-8,10-12,14,16,20H,9,13,15H2,1-3H3,(H2,28,29,32)/t16?,20-/m0/s1. The summed E-state index contributed by atoms with van der Waals surface area (Å²) in [5, 5.41) is 2.98. The van der Waals surface area contributed by atoms with Crippen LogP contribution >= 0.6 is 11.6 Å². The van der Waals surface area contributed by atoms with Crippen LogP contribution in [0, 0.1) is 5.92 Å². The number of likely N-dealkylation sites (N-methyl/N-ethyl adjacent to an activating group) is 1. The monoisotopic (exact) mass is 545 g/mol. The fourth-order valence-corrected chi connectivity index (χ4v) is 5.70. The molecule has 2 atom stereocenters. The molecule has 0 saturated heterocycles. The first-order valence-electron chi connectivity index (χ1n) is 11.7. The smallest absolute Gasteiger partial charge is 0.329 e. The van der Waals surface area contributed by atoms with E-state index in [1.165, 1.54) is 4.90 Å². The first kappa shape index (κ1) is 26.6. The zero-order valence-electron chi connectivity index (χ0n) is 20.7. The molecular weight excluding hydrogens is 518 g/mol. The van der Waals surface area contributed by atoms with E-state index in [0.717, 1.165) is 5.56 Å². The minimum atomic E-state index is -4.21. The number of carbonyl (C=O) groups excluding carboxylic acids is 2. The Labute approximate surface area is 221 Å². The van der Waals surface area contributed by atoms with Crippen LogP contribution in [0.3, 0.4) is 0 Å². The van der Waals surface area contributed by atoms with E-state index in [-0.39, 0.29) is 24.0 Å². The second-order valence-corrected chi connectivity index (χ2v) is 11.0. The molecule has 1 heterocycles. The van der Waals surface area contributed by atoms with Crippen molar-refractivity contribution in [2.75, 3.05) is 18.7 Å². The number of sulfonamides is 1. The Morgan fingerprint density at radius 3 is 2.57 bits per heavy atom. The normalized spacial score (nSPS) is 17.6. The van der Waals surface area contributed by atoms with Crippen molar-refractivity contribution in [1.82, 2.24) is 10.0 Å². The van der Waals surface area contributed by atoms with Gasteiger partial charge in [0, 0.05) is 30.3 Å². The number of allylic oxidation sites excluding steroid dienone is 3. The molecule has 2 aliphatic rings. The Balaban J connectivity index is 1.54. The van der Waals surface area contributed by atoms with Crippen molar-refractivity contribution < 1.29 is 27.5 Å². The summed E-state index contributed by atoms with van der Waals surface area (Å²) in [6, 6.07) is 12.1. The number of rotatable bonds is 7. The summed E-state index contributed by atoms with van der Waals surface area (Å²) in [6.45, 7) is 3.59. The Morgan fingerprint density at radius 2 is 1.84 bits per heavy atom. The number of amides is 3. The van der Waals surface area contributed by atoms with Crippen LogP contribution in [-0.2, 0) is 21.2 Å². The molecule has 1 aliphatic heterocycles. The minimum absolute atomic E-state index is 0.00552. The van der Waals surface area contributed by atoms with Gasteiger partial charge in [0.2, 0.25) is 12.7 Å². The third-order valence-electron chi connectivity index (χ3n) is 6.29. The lowest BCUT2D eigenvalue weighted by atomic mass is 9.98. The lowest BCUT2D eigenvalue weighted by Crippen LogP contribution is -2.52. The second kappa shape index (κ2) is 10.9. The summed E-state index contributed by atoms with van der Waals surface area (Å²) in [7, 11) is -2.64. The van der Waals surface area contributed by atoms with Crippen LogP contribution in [0.2, 0.25) is 0 Å². The number of halogens is 1. The third kappa shape index (κ3) is 5.91. The van der Waals surface area contributed by atoms with Gasteiger partial charge in [-0.15, -0.1) is 0 Å². The highest BCUT2D eigenvalue weighted by Crippen LogP contribution is 2.36. The molecule has 2 N–H and O–H groups in total. The quantitative estimate of drug-likeness (QED) is 0.542. The van der Waals surface area contributed by atoms with Gasteiger partial charge in [0.25, 0.3) is 10.0 Å². The predicted octanol–water partition coefficient (Wildman–Crippen LogP) is 4.05. The molecule has 0 fully saturated rings. The zero-order chi connectivity index (χ0) is 26.7. The molecule has 0 aromatic heterocycles. The van der Waals surface area contributed by atoms with Crippen LogP contribution < -0.4 is 24.4 Å². The maximum absolute atomic E-state index is 13.5. The molecule has 9 nitrogen and oxygen atoms in total. The first-order chi connectivity index (χ1) is 17.6. The van der Waals surface area contributed by atoms with E-state index < -0.39 is 28.0 Å². The fourth-order valence-electron chi connectivity index (χ4n) is 4.21. The maximum atomic E-state index is 13.5. The Bertz CT molecular complexity index is 1370. The minimum Gasteiger partial charge on any atom is -0.454 e. The van der Waals surface area contributed by atoms with E-state index in [2.05, 4.69) is 5.32 Å². The van der Waals surface area contributed by atoms with Gasteiger partial charge in [0.15, 0.2) is 11.5 Å². The number of hydrogen-bond donors (Lipinski definition) is 2. The number of nitrogens with zero attached hydrogens (tertiary/aromatic N) is 1. The van der Waals surface area contributed by atoms with Crippen LogP contribution in [0.25, 0.3) is 0 Å². The number of ether oxygens (including phenoxy) is 2. The lowest BCUT2D eigenvalue weighted by molar-refractivity contribution is -0.120.